The first-order valence-electron chi connectivity index (χ1n) is 4.55. The van der Waals surface area contributed by atoms with E-state index in [4.69, 9.17) is 0 Å². The molecule has 0 saturated heterocycles. The van der Waals surface area contributed by atoms with Gasteiger partial charge >= 0.3 is 0 Å². The minimum absolute atomic E-state index is 0.0311. The summed E-state index contributed by atoms with van der Waals surface area (Å²) in [5.41, 5.74) is -1.79. The molecule has 6 heteroatoms. The lowest BCUT2D eigenvalue weighted by Crippen LogP contribution is -2.22. The highest BCUT2D eigenvalue weighted by atomic mass is 19.2. The molecular formula is C10H11F2NO3. The topological polar surface area (TPSA) is 63.4 Å². The third-order valence-electron chi connectivity index (χ3n) is 1.94. The number of halogens is 2. The molecule has 4 nitrogen and oxygen atoms in total. The summed E-state index contributed by atoms with van der Waals surface area (Å²) in [6, 6.07) is 1.27. The summed E-state index contributed by atoms with van der Waals surface area (Å²) in [5, 5.41) is 20.1. The second-order valence-electron chi connectivity index (χ2n) is 4.14. The Balaban J connectivity index is 3.25. The fraction of sp³-hybridized carbons (Fsp3) is 0.400. The van der Waals surface area contributed by atoms with Gasteiger partial charge in [0.15, 0.2) is 11.6 Å². The standard InChI is InChI=1S/C10H11F2NO3/c1-10(2,14)5-6-3-7(11)8(12)4-9(6)13(15)16/h3-4,14H,5H2,1-2H3. The molecule has 16 heavy (non-hydrogen) atoms. The molecule has 0 amide bonds. The van der Waals surface area contributed by atoms with Gasteiger partial charge in [0.2, 0.25) is 0 Å². The Morgan fingerprint density at radius 3 is 2.31 bits per heavy atom. The molecule has 0 atom stereocenters. The Kier molecular flexibility index (Phi) is 3.23. The Morgan fingerprint density at radius 2 is 1.88 bits per heavy atom. The van der Waals surface area contributed by atoms with E-state index < -0.39 is 27.8 Å². The number of nitrogens with zero attached hydrogens (tertiary/aromatic N) is 1. The first-order valence-corrected chi connectivity index (χ1v) is 4.55. The van der Waals surface area contributed by atoms with Crippen molar-refractivity contribution < 1.29 is 18.8 Å². The van der Waals surface area contributed by atoms with Gasteiger partial charge in [0.05, 0.1) is 16.6 Å². The predicted octanol–water partition coefficient (Wildman–Crippen LogP) is 2.19. The fourth-order valence-electron chi connectivity index (χ4n) is 1.36. The maximum absolute atomic E-state index is 12.9. The number of rotatable bonds is 3. The van der Waals surface area contributed by atoms with Crippen LogP contribution in [0.5, 0.6) is 0 Å². The summed E-state index contributed by atoms with van der Waals surface area (Å²) in [6.45, 7) is 2.86. The summed E-state index contributed by atoms with van der Waals surface area (Å²) < 4.78 is 25.7. The molecule has 0 bridgehead atoms. The molecule has 0 aromatic heterocycles. The van der Waals surface area contributed by atoms with Crippen LogP contribution in [0.15, 0.2) is 12.1 Å². The minimum atomic E-state index is -1.27. The Bertz CT molecular complexity index is 427. The molecule has 0 saturated carbocycles. The summed E-state index contributed by atoms with van der Waals surface area (Å²) in [5.74, 6) is -2.43. The molecule has 1 aromatic rings. The molecule has 1 N–H and O–H groups in total. The van der Waals surface area contributed by atoms with Crippen LogP contribution in [0.2, 0.25) is 0 Å². The van der Waals surface area contributed by atoms with E-state index in [1.54, 1.807) is 0 Å². The summed E-state index contributed by atoms with van der Waals surface area (Å²) >= 11 is 0. The number of hydrogen-bond acceptors (Lipinski definition) is 3. The normalized spacial score (nSPS) is 11.6. The van der Waals surface area contributed by atoms with Crippen molar-refractivity contribution in [3.63, 3.8) is 0 Å². The highest BCUT2D eigenvalue weighted by Gasteiger charge is 2.23. The molecule has 0 spiro atoms. The number of nitro groups is 1. The van der Waals surface area contributed by atoms with E-state index in [1.165, 1.54) is 13.8 Å². The van der Waals surface area contributed by atoms with Crippen LogP contribution in [0.25, 0.3) is 0 Å². The minimum Gasteiger partial charge on any atom is -0.390 e. The SMILES string of the molecule is CC(C)(O)Cc1cc(F)c(F)cc1[N+](=O)[O-]. The van der Waals surface area contributed by atoms with Crippen LogP contribution in [0.4, 0.5) is 14.5 Å². The molecule has 0 unspecified atom stereocenters. The third kappa shape index (κ3) is 2.96. The lowest BCUT2D eigenvalue weighted by atomic mass is 9.97. The monoisotopic (exact) mass is 231 g/mol. The quantitative estimate of drug-likeness (QED) is 0.640. The lowest BCUT2D eigenvalue weighted by molar-refractivity contribution is -0.386. The van der Waals surface area contributed by atoms with Crippen LogP contribution < -0.4 is 0 Å². The molecule has 1 rings (SSSR count). The summed E-state index contributed by atoms with van der Waals surface area (Å²) in [6.07, 6.45) is -0.124. The molecule has 0 heterocycles. The smallest absolute Gasteiger partial charge is 0.275 e. The summed E-state index contributed by atoms with van der Waals surface area (Å²) in [7, 11) is 0. The largest absolute Gasteiger partial charge is 0.390 e. The molecular weight excluding hydrogens is 220 g/mol. The van der Waals surface area contributed by atoms with Crippen LogP contribution in [0, 0.1) is 21.7 Å². The van der Waals surface area contributed by atoms with Crippen molar-refractivity contribution in [2.45, 2.75) is 25.9 Å². The van der Waals surface area contributed by atoms with Crippen molar-refractivity contribution in [2.75, 3.05) is 0 Å². The van der Waals surface area contributed by atoms with Crippen molar-refractivity contribution in [3.8, 4) is 0 Å². The van der Waals surface area contributed by atoms with Gasteiger partial charge < -0.3 is 5.11 Å². The van der Waals surface area contributed by atoms with E-state index in [1.807, 2.05) is 0 Å². The van der Waals surface area contributed by atoms with Crippen molar-refractivity contribution in [1.29, 1.82) is 0 Å². The Morgan fingerprint density at radius 1 is 1.38 bits per heavy atom. The zero-order valence-corrected chi connectivity index (χ0v) is 8.83. The van der Waals surface area contributed by atoms with Crippen LogP contribution in [-0.4, -0.2) is 15.6 Å². The average molecular weight is 231 g/mol. The van der Waals surface area contributed by atoms with Gasteiger partial charge in [-0.05, 0) is 19.9 Å². The van der Waals surface area contributed by atoms with Gasteiger partial charge in [-0.15, -0.1) is 0 Å². The van der Waals surface area contributed by atoms with E-state index in [0.29, 0.717) is 6.07 Å². The Hall–Kier alpha value is -1.56. The second kappa shape index (κ2) is 4.13. The van der Waals surface area contributed by atoms with Crippen molar-refractivity contribution in [2.24, 2.45) is 0 Å². The maximum Gasteiger partial charge on any atom is 0.275 e. The van der Waals surface area contributed by atoms with Gasteiger partial charge in [-0.1, -0.05) is 0 Å². The van der Waals surface area contributed by atoms with E-state index in [-0.39, 0.29) is 12.0 Å². The molecule has 1 aromatic carbocycles. The second-order valence-corrected chi connectivity index (χ2v) is 4.14. The van der Waals surface area contributed by atoms with Gasteiger partial charge in [-0.2, -0.15) is 0 Å². The van der Waals surface area contributed by atoms with Gasteiger partial charge in [0.25, 0.3) is 5.69 Å². The summed E-state index contributed by atoms with van der Waals surface area (Å²) in [4.78, 5) is 9.80. The average Bonchev–Trinajstić information content (AvgIpc) is 2.07. The maximum atomic E-state index is 12.9. The predicted molar refractivity (Wildman–Crippen MR) is 53.0 cm³/mol. The zero-order valence-electron chi connectivity index (χ0n) is 8.83. The molecule has 0 aliphatic carbocycles. The first-order chi connectivity index (χ1) is 7.20. The van der Waals surface area contributed by atoms with Crippen molar-refractivity contribution in [3.05, 3.63) is 39.4 Å². The molecule has 0 fully saturated rings. The highest BCUT2D eigenvalue weighted by Crippen LogP contribution is 2.25. The molecule has 0 radical (unpaired) electrons. The van der Waals surface area contributed by atoms with Crippen LogP contribution >= 0.6 is 0 Å². The van der Waals surface area contributed by atoms with Gasteiger partial charge in [0.1, 0.15) is 0 Å². The first kappa shape index (κ1) is 12.5. The molecule has 88 valence electrons. The number of hydrogen-bond donors (Lipinski definition) is 1. The van der Waals surface area contributed by atoms with E-state index in [9.17, 15) is 24.0 Å². The van der Waals surface area contributed by atoms with Gasteiger partial charge in [-0.3, -0.25) is 10.1 Å². The molecule has 0 aliphatic heterocycles. The van der Waals surface area contributed by atoms with Crippen molar-refractivity contribution >= 4 is 5.69 Å². The van der Waals surface area contributed by atoms with E-state index in [0.717, 1.165) is 6.07 Å². The number of benzene rings is 1. The van der Waals surface area contributed by atoms with Gasteiger partial charge in [-0.25, -0.2) is 8.78 Å². The van der Waals surface area contributed by atoms with Crippen LogP contribution in [-0.2, 0) is 6.42 Å². The van der Waals surface area contributed by atoms with Gasteiger partial charge in [0, 0.05) is 12.0 Å². The number of aliphatic hydroxyl groups is 1. The lowest BCUT2D eigenvalue weighted by Gasteiger charge is -2.16. The Labute approximate surface area is 90.7 Å². The fourth-order valence-corrected chi connectivity index (χ4v) is 1.36. The number of nitro benzene ring substituents is 1. The van der Waals surface area contributed by atoms with E-state index >= 15 is 0 Å². The van der Waals surface area contributed by atoms with Crippen LogP contribution in [0.1, 0.15) is 19.4 Å². The van der Waals surface area contributed by atoms with Crippen LogP contribution in [0.3, 0.4) is 0 Å². The van der Waals surface area contributed by atoms with Crippen molar-refractivity contribution in [1.82, 2.24) is 0 Å². The zero-order chi connectivity index (χ0) is 12.5. The molecule has 0 aliphatic rings. The van der Waals surface area contributed by atoms with E-state index in [2.05, 4.69) is 0 Å². The highest BCUT2D eigenvalue weighted by molar-refractivity contribution is 5.41. The third-order valence-corrected chi connectivity index (χ3v) is 1.94.